The molecule has 104 valence electrons. The van der Waals surface area contributed by atoms with Crippen LogP contribution in [0.4, 0.5) is 0 Å². The molecule has 0 bridgehead atoms. The van der Waals surface area contributed by atoms with E-state index in [0.717, 1.165) is 18.4 Å². The zero-order valence-corrected chi connectivity index (χ0v) is 10.9. The van der Waals surface area contributed by atoms with Gasteiger partial charge in [-0.3, -0.25) is 0 Å². The number of esters is 1. The average molecular weight is 266 g/mol. The number of benzene rings is 1. The minimum absolute atomic E-state index is 0.00459. The van der Waals surface area contributed by atoms with Gasteiger partial charge in [0.25, 0.3) is 0 Å². The molecule has 0 aliphatic carbocycles. The van der Waals surface area contributed by atoms with E-state index in [1.54, 1.807) is 24.3 Å². The number of ether oxygens (including phenoxy) is 3. The summed E-state index contributed by atoms with van der Waals surface area (Å²) in [5.74, 6) is 0.302. The molecule has 5 nitrogen and oxygen atoms in total. The van der Waals surface area contributed by atoms with Crippen molar-refractivity contribution in [2.75, 3.05) is 7.11 Å². The normalized spacial score (nSPS) is 22.8. The molecule has 19 heavy (non-hydrogen) atoms. The van der Waals surface area contributed by atoms with Crippen LogP contribution < -0.4 is 4.74 Å². The number of hydrogen-bond acceptors (Lipinski definition) is 5. The van der Waals surface area contributed by atoms with Gasteiger partial charge in [0.1, 0.15) is 5.75 Å². The largest absolute Gasteiger partial charge is 0.467 e. The highest BCUT2D eigenvalue weighted by Crippen LogP contribution is 2.23. The fraction of sp³-hybridized carbons (Fsp3) is 0.500. The van der Waals surface area contributed by atoms with Gasteiger partial charge in [0, 0.05) is 6.42 Å². The molecule has 1 aromatic rings. The Labute approximate surface area is 112 Å². The predicted octanol–water partition coefficient (Wildman–Crippen LogP) is 1.63. The van der Waals surface area contributed by atoms with E-state index in [1.165, 1.54) is 7.11 Å². The molecule has 0 amide bonds. The molecule has 0 spiro atoms. The number of methoxy groups -OCH3 is 1. The standard InChI is InChI=1S/C14H18O5/c1-17-14(16)12-3-2-4-13(19-12)18-11-7-5-10(9-15)6-8-11/h5-8,12-13,15H,2-4,9H2,1H3. The molecule has 1 saturated heterocycles. The van der Waals surface area contributed by atoms with Crippen molar-refractivity contribution in [2.24, 2.45) is 0 Å². The van der Waals surface area contributed by atoms with Crippen molar-refractivity contribution in [2.45, 2.75) is 38.3 Å². The van der Waals surface area contributed by atoms with E-state index in [9.17, 15) is 4.79 Å². The average Bonchev–Trinajstić information content (AvgIpc) is 2.47. The summed E-state index contributed by atoms with van der Waals surface area (Å²) in [6, 6.07) is 7.12. The topological polar surface area (TPSA) is 65.0 Å². The van der Waals surface area contributed by atoms with Crippen LogP contribution in [0.5, 0.6) is 5.75 Å². The minimum Gasteiger partial charge on any atom is -0.467 e. The van der Waals surface area contributed by atoms with Gasteiger partial charge in [0.2, 0.25) is 6.29 Å². The van der Waals surface area contributed by atoms with Crippen molar-refractivity contribution in [3.05, 3.63) is 29.8 Å². The highest BCUT2D eigenvalue weighted by molar-refractivity contribution is 5.74. The van der Waals surface area contributed by atoms with Gasteiger partial charge in [-0.05, 0) is 30.5 Å². The van der Waals surface area contributed by atoms with Gasteiger partial charge >= 0.3 is 5.97 Å². The SMILES string of the molecule is COC(=O)C1CCCC(Oc2ccc(CO)cc2)O1. The first kappa shape index (κ1) is 13.8. The summed E-state index contributed by atoms with van der Waals surface area (Å²) in [4.78, 5) is 11.4. The summed E-state index contributed by atoms with van der Waals surface area (Å²) < 4.78 is 15.9. The zero-order chi connectivity index (χ0) is 13.7. The second-order valence-electron chi connectivity index (χ2n) is 4.43. The molecule has 0 radical (unpaired) electrons. The Kier molecular flexibility index (Phi) is 4.76. The smallest absolute Gasteiger partial charge is 0.335 e. The third-order valence-electron chi connectivity index (χ3n) is 3.06. The van der Waals surface area contributed by atoms with Gasteiger partial charge in [-0.15, -0.1) is 0 Å². The second kappa shape index (κ2) is 6.54. The monoisotopic (exact) mass is 266 g/mol. The molecule has 2 atom stereocenters. The molecule has 5 heteroatoms. The number of hydrogen-bond donors (Lipinski definition) is 1. The van der Waals surface area contributed by atoms with Crippen LogP contribution in [0.3, 0.4) is 0 Å². The van der Waals surface area contributed by atoms with Gasteiger partial charge in [0.05, 0.1) is 13.7 Å². The fourth-order valence-electron chi connectivity index (χ4n) is 2.01. The molecular weight excluding hydrogens is 248 g/mol. The molecular formula is C14H18O5. The van der Waals surface area contributed by atoms with Gasteiger partial charge in [-0.2, -0.15) is 0 Å². The number of carbonyl (C=O) groups is 1. The van der Waals surface area contributed by atoms with Crippen molar-refractivity contribution in [3.8, 4) is 5.75 Å². The highest BCUT2D eigenvalue weighted by atomic mass is 16.7. The van der Waals surface area contributed by atoms with E-state index < -0.39 is 12.4 Å². The molecule has 1 fully saturated rings. The first-order chi connectivity index (χ1) is 9.22. The summed E-state index contributed by atoms with van der Waals surface area (Å²) in [5, 5.41) is 8.96. The number of aliphatic hydroxyl groups excluding tert-OH is 1. The summed E-state index contributed by atoms with van der Waals surface area (Å²) in [5.41, 5.74) is 0.823. The van der Waals surface area contributed by atoms with Crippen molar-refractivity contribution in [1.82, 2.24) is 0 Å². The maximum absolute atomic E-state index is 11.4. The number of carbonyl (C=O) groups excluding carboxylic acids is 1. The predicted molar refractivity (Wildman–Crippen MR) is 67.5 cm³/mol. The van der Waals surface area contributed by atoms with E-state index in [2.05, 4.69) is 4.74 Å². The molecule has 2 unspecified atom stereocenters. The third kappa shape index (κ3) is 3.68. The lowest BCUT2D eigenvalue weighted by atomic mass is 10.1. The van der Waals surface area contributed by atoms with Gasteiger partial charge in [0.15, 0.2) is 6.10 Å². The van der Waals surface area contributed by atoms with E-state index in [1.807, 2.05) is 0 Å². The minimum atomic E-state index is -0.541. The van der Waals surface area contributed by atoms with Crippen molar-refractivity contribution >= 4 is 5.97 Å². The third-order valence-corrected chi connectivity index (χ3v) is 3.06. The summed E-state index contributed by atoms with van der Waals surface area (Å²) >= 11 is 0. The zero-order valence-electron chi connectivity index (χ0n) is 10.9. The second-order valence-corrected chi connectivity index (χ2v) is 4.43. The molecule has 1 aliphatic rings. The Hall–Kier alpha value is -1.59. The van der Waals surface area contributed by atoms with Crippen LogP contribution in [0.1, 0.15) is 24.8 Å². The van der Waals surface area contributed by atoms with Crippen molar-refractivity contribution in [3.63, 3.8) is 0 Å². The summed E-state index contributed by atoms with van der Waals surface area (Å²) in [6.07, 6.45) is 1.29. The maximum atomic E-state index is 11.4. The van der Waals surface area contributed by atoms with E-state index >= 15 is 0 Å². The molecule has 0 saturated carbocycles. The molecule has 1 heterocycles. The molecule has 2 rings (SSSR count). The Morgan fingerprint density at radius 1 is 1.37 bits per heavy atom. The Bertz CT molecular complexity index is 414. The molecule has 1 aliphatic heterocycles. The molecule has 0 aromatic heterocycles. The molecule has 1 aromatic carbocycles. The van der Waals surface area contributed by atoms with Crippen molar-refractivity contribution < 1.29 is 24.1 Å². The van der Waals surface area contributed by atoms with Crippen LogP contribution in [0.25, 0.3) is 0 Å². The molecule has 1 N–H and O–H groups in total. The maximum Gasteiger partial charge on any atom is 0.335 e. The van der Waals surface area contributed by atoms with Crippen LogP contribution in [0.2, 0.25) is 0 Å². The summed E-state index contributed by atoms with van der Waals surface area (Å²) in [6.45, 7) is 0.00459. The van der Waals surface area contributed by atoms with Crippen LogP contribution in [0.15, 0.2) is 24.3 Å². The fourth-order valence-corrected chi connectivity index (χ4v) is 2.01. The quantitative estimate of drug-likeness (QED) is 0.839. The summed E-state index contributed by atoms with van der Waals surface area (Å²) in [7, 11) is 1.35. The van der Waals surface area contributed by atoms with Crippen LogP contribution >= 0.6 is 0 Å². The lowest BCUT2D eigenvalue weighted by Gasteiger charge is -2.28. The number of aliphatic hydroxyl groups is 1. The van der Waals surface area contributed by atoms with E-state index in [0.29, 0.717) is 12.2 Å². The van der Waals surface area contributed by atoms with E-state index in [4.69, 9.17) is 14.6 Å². The first-order valence-corrected chi connectivity index (χ1v) is 6.32. The highest BCUT2D eigenvalue weighted by Gasteiger charge is 2.29. The van der Waals surface area contributed by atoms with Gasteiger partial charge in [-0.1, -0.05) is 12.1 Å². The van der Waals surface area contributed by atoms with Gasteiger partial charge in [-0.25, -0.2) is 4.79 Å². The van der Waals surface area contributed by atoms with Gasteiger partial charge < -0.3 is 19.3 Å². The Morgan fingerprint density at radius 3 is 2.74 bits per heavy atom. The first-order valence-electron chi connectivity index (χ1n) is 6.32. The Morgan fingerprint density at radius 2 is 2.11 bits per heavy atom. The van der Waals surface area contributed by atoms with Crippen LogP contribution in [-0.4, -0.2) is 30.6 Å². The Balaban J connectivity index is 1.92. The lowest BCUT2D eigenvalue weighted by Crippen LogP contribution is -2.37. The van der Waals surface area contributed by atoms with Crippen LogP contribution in [-0.2, 0) is 20.9 Å². The number of rotatable bonds is 4. The lowest BCUT2D eigenvalue weighted by molar-refractivity contribution is -0.183. The van der Waals surface area contributed by atoms with Crippen LogP contribution in [0, 0.1) is 0 Å². The van der Waals surface area contributed by atoms with E-state index in [-0.39, 0.29) is 12.6 Å². The van der Waals surface area contributed by atoms with Crippen molar-refractivity contribution in [1.29, 1.82) is 0 Å².